The molecule has 0 unspecified atom stereocenters. The van der Waals surface area contributed by atoms with Gasteiger partial charge in [0.1, 0.15) is 18.2 Å². The normalized spacial score (nSPS) is 9.95. The van der Waals surface area contributed by atoms with Gasteiger partial charge < -0.3 is 4.74 Å². The van der Waals surface area contributed by atoms with Gasteiger partial charge in [-0.2, -0.15) is 5.26 Å². The second-order valence-electron chi connectivity index (χ2n) is 4.45. The van der Waals surface area contributed by atoms with Gasteiger partial charge in [0.15, 0.2) is 0 Å². The first-order valence-corrected chi connectivity index (χ1v) is 6.07. The van der Waals surface area contributed by atoms with Crippen LogP contribution in [0.4, 0.5) is 10.1 Å². The zero-order valence-electron chi connectivity index (χ0n) is 11.2. The molecular weight excluding hydrogens is 275 g/mol. The predicted molar refractivity (Wildman–Crippen MR) is 73.3 cm³/mol. The molecule has 106 valence electrons. The number of nitrogens with zero attached hydrogens (tertiary/aromatic N) is 2. The van der Waals surface area contributed by atoms with E-state index in [0.29, 0.717) is 16.9 Å². The lowest BCUT2D eigenvalue weighted by Gasteiger charge is -2.08. The third-order valence-corrected chi connectivity index (χ3v) is 2.86. The SMILES string of the molecule is Cc1cc(OCc2cc(F)cc(C#N)c2)ccc1[N+](=O)[O-]. The molecule has 2 aromatic carbocycles. The van der Waals surface area contributed by atoms with E-state index >= 15 is 0 Å². The van der Waals surface area contributed by atoms with Crippen LogP contribution in [-0.4, -0.2) is 4.92 Å². The molecule has 0 saturated carbocycles. The fraction of sp³-hybridized carbons (Fsp3) is 0.133. The molecule has 6 heteroatoms. The van der Waals surface area contributed by atoms with Gasteiger partial charge in [-0.25, -0.2) is 4.39 Å². The Kier molecular flexibility index (Phi) is 4.14. The summed E-state index contributed by atoms with van der Waals surface area (Å²) in [5, 5.41) is 19.5. The fourth-order valence-electron chi connectivity index (χ4n) is 1.89. The molecule has 0 heterocycles. The fourth-order valence-corrected chi connectivity index (χ4v) is 1.89. The van der Waals surface area contributed by atoms with E-state index < -0.39 is 10.7 Å². The van der Waals surface area contributed by atoms with Crippen molar-refractivity contribution in [3.63, 3.8) is 0 Å². The van der Waals surface area contributed by atoms with Crippen LogP contribution in [0.1, 0.15) is 16.7 Å². The molecular formula is C15H11FN2O3. The number of benzene rings is 2. The van der Waals surface area contributed by atoms with Crippen molar-refractivity contribution in [2.45, 2.75) is 13.5 Å². The Morgan fingerprint density at radius 3 is 2.71 bits per heavy atom. The first kappa shape index (κ1) is 14.5. The summed E-state index contributed by atoms with van der Waals surface area (Å²) in [6.45, 7) is 1.69. The molecule has 2 rings (SSSR count). The first-order valence-electron chi connectivity index (χ1n) is 6.07. The zero-order chi connectivity index (χ0) is 15.4. The lowest BCUT2D eigenvalue weighted by molar-refractivity contribution is -0.385. The molecule has 0 radical (unpaired) electrons. The van der Waals surface area contributed by atoms with Gasteiger partial charge in [0.25, 0.3) is 5.69 Å². The van der Waals surface area contributed by atoms with E-state index in [1.54, 1.807) is 13.0 Å². The molecule has 0 aromatic heterocycles. The summed E-state index contributed by atoms with van der Waals surface area (Å²) in [6.07, 6.45) is 0. The largest absolute Gasteiger partial charge is 0.489 e. The highest BCUT2D eigenvalue weighted by molar-refractivity contribution is 5.44. The molecule has 2 aromatic rings. The van der Waals surface area contributed by atoms with E-state index in [0.717, 1.165) is 6.07 Å². The molecule has 5 nitrogen and oxygen atoms in total. The van der Waals surface area contributed by atoms with Crippen LogP contribution in [-0.2, 0) is 6.61 Å². The summed E-state index contributed by atoms with van der Waals surface area (Å²) in [4.78, 5) is 10.2. The van der Waals surface area contributed by atoms with Crippen molar-refractivity contribution in [3.05, 3.63) is 69.0 Å². The van der Waals surface area contributed by atoms with E-state index in [9.17, 15) is 14.5 Å². The van der Waals surface area contributed by atoms with Crippen molar-refractivity contribution in [3.8, 4) is 11.8 Å². The molecule has 0 spiro atoms. The molecule has 21 heavy (non-hydrogen) atoms. The number of hydrogen-bond donors (Lipinski definition) is 0. The molecule has 0 fully saturated rings. The topological polar surface area (TPSA) is 76.2 Å². The summed E-state index contributed by atoms with van der Waals surface area (Å²) >= 11 is 0. The van der Waals surface area contributed by atoms with Crippen LogP contribution in [0.5, 0.6) is 5.75 Å². The Morgan fingerprint density at radius 2 is 2.10 bits per heavy atom. The van der Waals surface area contributed by atoms with Crippen LogP contribution in [0.3, 0.4) is 0 Å². The van der Waals surface area contributed by atoms with Crippen molar-refractivity contribution >= 4 is 5.69 Å². The van der Waals surface area contributed by atoms with Gasteiger partial charge in [-0.15, -0.1) is 0 Å². The summed E-state index contributed by atoms with van der Waals surface area (Å²) in [5.74, 6) is -0.0617. The van der Waals surface area contributed by atoms with Gasteiger partial charge in [-0.1, -0.05) is 0 Å². The highest BCUT2D eigenvalue weighted by atomic mass is 19.1. The number of nitro groups is 1. The standard InChI is InChI=1S/C15H11FN2O3/c1-10-4-14(2-3-15(10)18(19)20)21-9-12-5-11(8-17)6-13(16)7-12/h2-7H,9H2,1H3. The molecule has 0 atom stereocenters. The van der Waals surface area contributed by atoms with Gasteiger partial charge in [-0.05, 0) is 42.8 Å². The Labute approximate surface area is 120 Å². The van der Waals surface area contributed by atoms with Crippen molar-refractivity contribution in [1.82, 2.24) is 0 Å². The van der Waals surface area contributed by atoms with Gasteiger partial charge >= 0.3 is 0 Å². The maximum atomic E-state index is 13.3. The minimum atomic E-state index is -0.507. The van der Waals surface area contributed by atoms with Crippen molar-refractivity contribution in [2.24, 2.45) is 0 Å². The molecule has 0 N–H and O–H groups in total. The first-order chi connectivity index (χ1) is 9.99. The second-order valence-corrected chi connectivity index (χ2v) is 4.45. The minimum absolute atomic E-state index is 0.0138. The molecule has 0 aliphatic heterocycles. The predicted octanol–water partition coefficient (Wildman–Crippen LogP) is 3.49. The van der Waals surface area contributed by atoms with Crippen LogP contribution >= 0.6 is 0 Å². The smallest absolute Gasteiger partial charge is 0.272 e. The number of rotatable bonds is 4. The van der Waals surface area contributed by atoms with Gasteiger partial charge in [0, 0.05) is 11.6 Å². The molecule has 0 saturated heterocycles. The highest BCUT2D eigenvalue weighted by Gasteiger charge is 2.10. The zero-order valence-corrected chi connectivity index (χ0v) is 11.2. The number of ether oxygens (including phenoxy) is 1. The van der Waals surface area contributed by atoms with Crippen molar-refractivity contribution < 1.29 is 14.1 Å². The lowest BCUT2D eigenvalue weighted by atomic mass is 10.1. The maximum absolute atomic E-state index is 13.3. The molecule has 0 aliphatic rings. The molecule has 0 bridgehead atoms. The number of aryl methyl sites for hydroxylation is 1. The van der Waals surface area contributed by atoms with E-state index in [4.69, 9.17) is 10.00 Å². The number of nitriles is 1. The monoisotopic (exact) mass is 286 g/mol. The van der Waals surface area contributed by atoms with Crippen molar-refractivity contribution in [2.75, 3.05) is 0 Å². The highest BCUT2D eigenvalue weighted by Crippen LogP contribution is 2.23. The maximum Gasteiger partial charge on any atom is 0.272 e. The average molecular weight is 286 g/mol. The summed E-state index contributed by atoms with van der Waals surface area (Å²) in [7, 11) is 0. The van der Waals surface area contributed by atoms with E-state index in [2.05, 4.69) is 0 Å². The van der Waals surface area contributed by atoms with Crippen molar-refractivity contribution in [1.29, 1.82) is 5.26 Å². The third-order valence-electron chi connectivity index (χ3n) is 2.86. The van der Waals surface area contributed by atoms with E-state index in [-0.39, 0.29) is 17.9 Å². The summed E-state index contributed by atoms with van der Waals surface area (Å²) in [5.41, 5.74) is 1.23. The number of halogens is 1. The van der Waals surface area contributed by atoms with Gasteiger partial charge in [0.2, 0.25) is 0 Å². The Hall–Kier alpha value is -2.94. The lowest BCUT2D eigenvalue weighted by Crippen LogP contribution is -1.98. The van der Waals surface area contributed by atoms with Crippen LogP contribution in [0.2, 0.25) is 0 Å². The van der Waals surface area contributed by atoms with Crippen LogP contribution in [0, 0.1) is 34.2 Å². The Morgan fingerprint density at radius 1 is 1.33 bits per heavy atom. The Balaban J connectivity index is 2.13. The molecule has 0 amide bonds. The summed E-state index contributed by atoms with van der Waals surface area (Å²) < 4.78 is 18.7. The minimum Gasteiger partial charge on any atom is -0.489 e. The Bertz CT molecular complexity index is 738. The second kappa shape index (κ2) is 6.01. The third kappa shape index (κ3) is 3.54. The average Bonchev–Trinajstić information content (AvgIpc) is 2.44. The van der Waals surface area contributed by atoms with Gasteiger partial charge in [0.05, 0.1) is 16.6 Å². The number of nitro benzene ring substituents is 1. The quantitative estimate of drug-likeness (QED) is 0.636. The molecule has 0 aliphatic carbocycles. The van der Waals surface area contributed by atoms with Crippen LogP contribution in [0.15, 0.2) is 36.4 Å². The number of hydrogen-bond acceptors (Lipinski definition) is 4. The van der Waals surface area contributed by atoms with E-state index in [1.165, 1.54) is 24.3 Å². The van der Waals surface area contributed by atoms with Crippen LogP contribution in [0.25, 0.3) is 0 Å². The van der Waals surface area contributed by atoms with E-state index in [1.807, 2.05) is 6.07 Å². The summed E-state index contributed by atoms with van der Waals surface area (Å²) in [6, 6.07) is 10.2. The van der Waals surface area contributed by atoms with Crippen LogP contribution < -0.4 is 4.74 Å². The van der Waals surface area contributed by atoms with Gasteiger partial charge in [-0.3, -0.25) is 10.1 Å².